The average molecular weight is 510 g/mol. The van der Waals surface area contributed by atoms with Crippen LogP contribution in [0.2, 0.25) is 0 Å². The second-order valence-corrected chi connectivity index (χ2v) is 9.25. The number of rotatable bonds is 7. The van der Waals surface area contributed by atoms with Gasteiger partial charge in [-0.1, -0.05) is 35.6 Å². The Balaban J connectivity index is 1.20. The van der Waals surface area contributed by atoms with E-state index in [4.69, 9.17) is 9.47 Å². The number of piperazine rings is 1. The van der Waals surface area contributed by atoms with Crippen LogP contribution >= 0.6 is 11.3 Å². The number of amides is 1. The molecule has 0 N–H and O–H groups in total. The molecule has 4 aromatic rings. The van der Waals surface area contributed by atoms with Gasteiger partial charge in [0.15, 0.2) is 18.2 Å². The summed E-state index contributed by atoms with van der Waals surface area (Å²) in [4.78, 5) is 34.2. The first-order valence-corrected chi connectivity index (χ1v) is 12.2. The minimum Gasteiger partial charge on any atom is -0.497 e. The number of benzene rings is 2. The van der Waals surface area contributed by atoms with Crippen LogP contribution in [0, 0.1) is 5.82 Å². The maximum atomic E-state index is 13.7. The second kappa shape index (κ2) is 10.4. The quantitative estimate of drug-likeness (QED) is 0.379. The average Bonchev–Trinajstić information content (AvgIpc) is 3.33. The van der Waals surface area contributed by atoms with E-state index in [1.807, 2.05) is 24.3 Å². The molecule has 0 aliphatic carbocycles. The Morgan fingerprint density at radius 3 is 2.67 bits per heavy atom. The van der Waals surface area contributed by atoms with Crippen LogP contribution in [-0.2, 0) is 11.3 Å². The molecule has 1 fully saturated rings. The number of carbonyl (C=O) groups is 1. The van der Waals surface area contributed by atoms with Crippen molar-refractivity contribution in [3.05, 3.63) is 76.5 Å². The molecule has 9 nitrogen and oxygen atoms in total. The summed E-state index contributed by atoms with van der Waals surface area (Å²) >= 11 is 1.34. The van der Waals surface area contributed by atoms with Gasteiger partial charge in [-0.25, -0.2) is 9.37 Å². The molecule has 2 aromatic carbocycles. The molecule has 186 valence electrons. The van der Waals surface area contributed by atoms with E-state index in [2.05, 4.69) is 15.0 Å². The van der Waals surface area contributed by atoms with E-state index >= 15 is 0 Å². The van der Waals surface area contributed by atoms with Gasteiger partial charge in [0.2, 0.25) is 4.96 Å². The van der Waals surface area contributed by atoms with Crippen LogP contribution in [-0.4, -0.2) is 70.2 Å². The number of nitrogens with zero attached hydrogens (tertiary/aromatic N) is 5. The van der Waals surface area contributed by atoms with Crippen molar-refractivity contribution in [3.8, 4) is 22.1 Å². The van der Waals surface area contributed by atoms with Crippen molar-refractivity contribution in [2.24, 2.45) is 0 Å². The van der Waals surface area contributed by atoms with Gasteiger partial charge in [0, 0.05) is 44.4 Å². The van der Waals surface area contributed by atoms with Gasteiger partial charge >= 0.3 is 0 Å². The van der Waals surface area contributed by atoms with Crippen LogP contribution < -0.4 is 15.0 Å². The van der Waals surface area contributed by atoms with Gasteiger partial charge in [-0.3, -0.25) is 14.5 Å². The fourth-order valence-corrected chi connectivity index (χ4v) is 4.91. The summed E-state index contributed by atoms with van der Waals surface area (Å²) in [5, 5.41) is 5.11. The molecular formula is C25H24FN5O4S. The Bertz CT molecular complexity index is 1450. The molecule has 0 spiro atoms. The maximum Gasteiger partial charge on any atom is 0.275 e. The largest absolute Gasteiger partial charge is 0.497 e. The lowest BCUT2D eigenvalue weighted by molar-refractivity contribution is -0.135. The highest BCUT2D eigenvalue weighted by Crippen LogP contribution is 2.27. The molecule has 0 unspecified atom stereocenters. The zero-order chi connectivity index (χ0) is 25.1. The van der Waals surface area contributed by atoms with Crippen LogP contribution in [0.3, 0.4) is 0 Å². The second-order valence-electron chi connectivity index (χ2n) is 8.30. The van der Waals surface area contributed by atoms with E-state index in [1.165, 1.54) is 34.1 Å². The van der Waals surface area contributed by atoms with Crippen LogP contribution in [0.15, 0.2) is 59.4 Å². The van der Waals surface area contributed by atoms with E-state index in [0.29, 0.717) is 54.1 Å². The lowest BCUT2D eigenvalue weighted by atomic mass is 10.2. The number of ether oxygens (including phenoxy) is 2. The van der Waals surface area contributed by atoms with Crippen LogP contribution in [0.1, 0.15) is 5.69 Å². The Labute approximate surface area is 210 Å². The van der Waals surface area contributed by atoms with E-state index in [1.54, 1.807) is 24.1 Å². The number of fused-ring (bicyclic) bond motifs is 1. The minimum absolute atomic E-state index is 0.0647. The first-order chi connectivity index (χ1) is 17.5. The molecule has 1 amide bonds. The van der Waals surface area contributed by atoms with E-state index in [-0.39, 0.29) is 23.8 Å². The number of hydrogen-bond acceptors (Lipinski definition) is 8. The van der Waals surface area contributed by atoms with Crippen molar-refractivity contribution in [1.29, 1.82) is 0 Å². The summed E-state index contributed by atoms with van der Waals surface area (Å²) in [5.41, 5.74) is 1.27. The predicted molar refractivity (Wildman–Crippen MR) is 133 cm³/mol. The van der Waals surface area contributed by atoms with Crippen molar-refractivity contribution in [3.63, 3.8) is 0 Å². The Hall–Kier alpha value is -3.83. The van der Waals surface area contributed by atoms with Gasteiger partial charge < -0.3 is 14.4 Å². The van der Waals surface area contributed by atoms with Crippen molar-refractivity contribution in [2.45, 2.75) is 6.54 Å². The normalized spacial score (nSPS) is 14.2. The fraction of sp³-hybridized carbons (Fsp3) is 0.280. The third kappa shape index (κ3) is 5.21. The Morgan fingerprint density at radius 2 is 1.89 bits per heavy atom. The van der Waals surface area contributed by atoms with Crippen LogP contribution in [0.25, 0.3) is 15.5 Å². The van der Waals surface area contributed by atoms with Gasteiger partial charge in [0.05, 0.1) is 12.8 Å². The molecule has 0 atom stereocenters. The molecule has 11 heteroatoms. The summed E-state index contributed by atoms with van der Waals surface area (Å²) in [6, 6.07) is 15.0. The van der Waals surface area contributed by atoms with E-state index in [0.717, 1.165) is 5.56 Å². The number of para-hydroxylation sites is 1. The monoisotopic (exact) mass is 509 g/mol. The molecular weight excluding hydrogens is 485 g/mol. The molecule has 0 radical (unpaired) electrons. The zero-order valence-electron chi connectivity index (χ0n) is 19.6. The highest BCUT2D eigenvalue weighted by atomic mass is 32.1. The summed E-state index contributed by atoms with van der Waals surface area (Å²) in [6.07, 6.45) is 0. The molecule has 0 saturated carbocycles. The fourth-order valence-electron chi connectivity index (χ4n) is 3.99. The van der Waals surface area contributed by atoms with Crippen LogP contribution in [0.5, 0.6) is 11.5 Å². The lowest BCUT2D eigenvalue weighted by Crippen LogP contribution is -2.49. The first kappa shape index (κ1) is 23.9. The van der Waals surface area contributed by atoms with Gasteiger partial charge in [-0.2, -0.15) is 9.61 Å². The topological polar surface area (TPSA) is 89.3 Å². The van der Waals surface area contributed by atoms with Crippen molar-refractivity contribution in [2.75, 3.05) is 39.9 Å². The molecule has 3 heterocycles. The van der Waals surface area contributed by atoms with Crippen molar-refractivity contribution in [1.82, 2.24) is 24.4 Å². The number of methoxy groups -OCH3 is 1. The van der Waals surface area contributed by atoms with E-state index < -0.39 is 5.82 Å². The predicted octanol–water partition coefficient (Wildman–Crippen LogP) is 2.69. The zero-order valence-corrected chi connectivity index (χ0v) is 20.4. The third-order valence-corrected chi connectivity index (χ3v) is 6.87. The molecule has 0 bridgehead atoms. The summed E-state index contributed by atoms with van der Waals surface area (Å²) in [5.74, 6) is 0.0940. The summed E-state index contributed by atoms with van der Waals surface area (Å²) in [6.45, 7) is 2.57. The lowest BCUT2D eigenvalue weighted by Gasteiger charge is -2.34. The van der Waals surface area contributed by atoms with Gasteiger partial charge in [-0.15, -0.1) is 0 Å². The molecule has 1 saturated heterocycles. The number of hydrogen-bond donors (Lipinski definition) is 0. The first-order valence-electron chi connectivity index (χ1n) is 11.4. The number of carbonyl (C=O) groups excluding carboxylic acids is 1. The number of aromatic nitrogens is 3. The Morgan fingerprint density at radius 1 is 1.08 bits per heavy atom. The van der Waals surface area contributed by atoms with E-state index in [9.17, 15) is 14.0 Å². The van der Waals surface area contributed by atoms with Crippen molar-refractivity contribution >= 4 is 22.2 Å². The highest BCUT2D eigenvalue weighted by Gasteiger charge is 2.22. The molecule has 1 aliphatic heterocycles. The van der Waals surface area contributed by atoms with Crippen LogP contribution in [0.4, 0.5) is 4.39 Å². The Kier molecular flexibility index (Phi) is 6.92. The summed E-state index contributed by atoms with van der Waals surface area (Å²) < 4.78 is 25.6. The maximum absolute atomic E-state index is 13.7. The molecule has 2 aromatic heterocycles. The van der Waals surface area contributed by atoms with Gasteiger partial charge in [0.25, 0.3) is 11.5 Å². The third-order valence-electron chi connectivity index (χ3n) is 5.91. The molecule has 36 heavy (non-hydrogen) atoms. The highest BCUT2D eigenvalue weighted by molar-refractivity contribution is 7.19. The van der Waals surface area contributed by atoms with Gasteiger partial charge in [0.1, 0.15) is 10.8 Å². The molecule has 1 aliphatic rings. The minimum atomic E-state index is -0.493. The number of halogens is 1. The summed E-state index contributed by atoms with van der Waals surface area (Å²) in [7, 11) is 1.60. The van der Waals surface area contributed by atoms with Gasteiger partial charge in [-0.05, 0) is 24.3 Å². The smallest absolute Gasteiger partial charge is 0.275 e. The molecule has 5 rings (SSSR count). The standard InChI is InChI=1S/C25H24FN5O4S/c1-34-19-6-4-5-17(13-19)24-28-31-22(32)14-18(27-25(31)36-24)15-29-9-11-30(12-10-29)23(33)16-35-21-8-3-2-7-20(21)26/h2-8,13-14H,9-12,15-16H2,1H3. The SMILES string of the molecule is COc1cccc(-c2nn3c(=O)cc(CN4CCN(C(=O)COc5ccccc5F)CC4)nc3s2)c1. The van der Waals surface area contributed by atoms with Crippen molar-refractivity contribution < 1.29 is 18.7 Å².